The molecule has 1 atom stereocenters. The molecule has 0 spiro atoms. The summed E-state index contributed by atoms with van der Waals surface area (Å²) in [5.74, 6) is -0.153. The van der Waals surface area contributed by atoms with Crippen molar-refractivity contribution in [1.29, 1.82) is 0 Å². The van der Waals surface area contributed by atoms with E-state index >= 15 is 0 Å². The molecule has 1 aliphatic carbocycles. The highest BCUT2D eigenvalue weighted by molar-refractivity contribution is 5.77. The van der Waals surface area contributed by atoms with Gasteiger partial charge in [0.05, 0.1) is 7.11 Å². The fourth-order valence-corrected chi connectivity index (χ4v) is 2.89. The maximum absolute atomic E-state index is 11.9. The van der Waals surface area contributed by atoms with Crippen LogP contribution < -0.4 is 10.2 Å². The number of para-hydroxylation sites is 1. The van der Waals surface area contributed by atoms with Crippen molar-refractivity contribution in [3.05, 3.63) is 29.8 Å². The molecule has 4 heteroatoms. The number of nitrogens with zero attached hydrogens (tertiary/aromatic N) is 1. The van der Waals surface area contributed by atoms with Crippen LogP contribution in [0.3, 0.4) is 0 Å². The number of hydrogen-bond donors (Lipinski definition) is 1. The molecule has 4 nitrogen and oxygen atoms in total. The first-order valence-corrected chi connectivity index (χ1v) is 7.44. The van der Waals surface area contributed by atoms with Gasteiger partial charge in [-0.1, -0.05) is 18.2 Å². The molecule has 1 fully saturated rings. The molecule has 3 rings (SSSR count). The van der Waals surface area contributed by atoms with Crippen molar-refractivity contribution in [3.8, 4) is 0 Å². The second-order valence-electron chi connectivity index (χ2n) is 5.69. The average Bonchev–Trinajstić information content (AvgIpc) is 3.30. The lowest BCUT2D eigenvalue weighted by atomic mass is 10.0. The van der Waals surface area contributed by atoms with E-state index in [0.717, 1.165) is 19.4 Å². The summed E-state index contributed by atoms with van der Waals surface area (Å²) in [6.45, 7) is 1.71. The Balaban J connectivity index is 1.73. The van der Waals surface area contributed by atoms with Crippen molar-refractivity contribution in [2.75, 3.05) is 25.1 Å². The molecular weight excluding hydrogens is 252 g/mol. The van der Waals surface area contributed by atoms with E-state index in [1.807, 2.05) is 0 Å². The Hall–Kier alpha value is -1.55. The number of carbonyl (C=O) groups is 1. The molecule has 1 saturated carbocycles. The third-order valence-electron chi connectivity index (χ3n) is 4.11. The first-order valence-electron chi connectivity index (χ1n) is 7.44. The van der Waals surface area contributed by atoms with Crippen LogP contribution >= 0.6 is 0 Å². The average molecular weight is 274 g/mol. The molecule has 1 N–H and O–H groups in total. The van der Waals surface area contributed by atoms with Crippen LogP contribution in [0.1, 0.15) is 24.8 Å². The van der Waals surface area contributed by atoms with Gasteiger partial charge in [-0.15, -0.1) is 0 Å². The van der Waals surface area contributed by atoms with Crippen molar-refractivity contribution in [2.24, 2.45) is 0 Å². The van der Waals surface area contributed by atoms with E-state index in [1.54, 1.807) is 0 Å². The Kier molecular flexibility index (Phi) is 3.92. The summed E-state index contributed by atoms with van der Waals surface area (Å²) in [5, 5.41) is 3.40. The summed E-state index contributed by atoms with van der Waals surface area (Å²) in [6, 6.07) is 8.77. The summed E-state index contributed by atoms with van der Waals surface area (Å²) >= 11 is 0. The largest absolute Gasteiger partial charge is 0.468 e. The second-order valence-corrected chi connectivity index (χ2v) is 5.69. The van der Waals surface area contributed by atoms with Crippen LogP contribution in [0.25, 0.3) is 0 Å². The predicted molar refractivity (Wildman–Crippen MR) is 78.9 cm³/mol. The maximum Gasteiger partial charge on any atom is 0.324 e. The zero-order valence-corrected chi connectivity index (χ0v) is 12.0. The van der Waals surface area contributed by atoms with Gasteiger partial charge in [-0.3, -0.25) is 4.79 Å². The number of aryl methyl sites for hydroxylation is 1. The normalized spacial score (nSPS) is 19.4. The highest BCUT2D eigenvalue weighted by atomic mass is 16.5. The molecule has 0 amide bonds. The minimum atomic E-state index is -0.223. The first kappa shape index (κ1) is 13.4. The second kappa shape index (κ2) is 5.83. The molecule has 2 aliphatic rings. The third-order valence-corrected chi connectivity index (χ3v) is 4.11. The lowest BCUT2D eigenvalue weighted by molar-refractivity contribution is -0.142. The number of fused-ring (bicyclic) bond motifs is 1. The fraction of sp³-hybridized carbons (Fsp3) is 0.562. The van der Waals surface area contributed by atoms with Gasteiger partial charge in [0.15, 0.2) is 0 Å². The van der Waals surface area contributed by atoms with Crippen molar-refractivity contribution in [3.63, 3.8) is 0 Å². The predicted octanol–water partition coefficient (Wildman–Crippen LogP) is 1.73. The van der Waals surface area contributed by atoms with Crippen LogP contribution in [0, 0.1) is 0 Å². The summed E-state index contributed by atoms with van der Waals surface area (Å²) in [5.41, 5.74) is 2.65. The van der Waals surface area contributed by atoms with Gasteiger partial charge in [0.25, 0.3) is 0 Å². The Bertz CT molecular complexity index is 485. The van der Waals surface area contributed by atoms with Gasteiger partial charge in [-0.05, 0) is 37.3 Å². The van der Waals surface area contributed by atoms with E-state index < -0.39 is 0 Å². The molecular formula is C16H22N2O2. The number of carbonyl (C=O) groups excluding carboxylic acids is 1. The highest BCUT2D eigenvalue weighted by Gasteiger charge is 2.31. The van der Waals surface area contributed by atoms with E-state index in [9.17, 15) is 4.79 Å². The summed E-state index contributed by atoms with van der Waals surface area (Å²) in [7, 11) is 1.47. The molecule has 0 aromatic heterocycles. The van der Waals surface area contributed by atoms with Crippen LogP contribution in [-0.4, -0.2) is 38.3 Å². The summed E-state index contributed by atoms with van der Waals surface area (Å²) in [6.07, 6.45) is 4.62. The summed E-state index contributed by atoms with van der Waals surface area (Å²) < 4.78 is 4.94. The number of esters is 1. The van der Waals surface area contributed by atoms with Crippen molar-refractivity contribution in [1.82, 2.24) is 5.32 Å². The van der Waals surface area contributed by atoms with Gasteiger partial charge in [-0.25, -0.2) is 0 Å². The van der Waals surface area contributed by atoms with Crippen molar-refractivity contribution >= 4 is 11.7 Å². The molecule has 1 aliphatic heterocycles. The molecule has 20 heavy (non-hydrogen) atoms. The number of rotatable bonds is 5. The number of benzene rings is 1. The monoisotopic (exact) mass is 274 g/mol. The summed E-state index contributed by atoms with van der Waals surface area (Å²) in [4.78, 5) is 14.3. The quantitative estimate of drug-likeness (QED) is 0.830. The molecule has 108 valence electrons. The Morgan fingerprint density at radius 3 is 3.00 bits per heavy atom. The van der Waals surface area contributed by atoms with E-state index in [2.05, 4.69) is 34.5 Å². The van der Waals surface area contributed by atoms with E-state index in [-0.39, 0.29) is 12.0 Å². The van der Waals surface area contributed by atoms with Gasteiger partial charge in [0.1, 0.15) is 6.04 Å². The molecule has 1 aromatic carbocycles. The number of hydrogen-bond acceptors (Lipinski definition) is 4. The van der Waals surface area contributed by atoms with Gasteiger partial charge in [-0.2, -0.15) is 0 Å². The molecule has 0 bridgehead atoms. The molecule has 0 radical (unpaired) electrons. The van der Waals surface area contributed by atoms with Crippen molar-refractivity contribution in [2.45, 2.75) is 37.8 Å². The fourth-order valence-electron chi connectivity index (χ4n) is 2.89. The molecule has 1 unspecified atom stereocenters. The van der Waals surface area contributed by atoms with Crippen molar-refractivity contribution < 1.29 is 9.53 Å². The number of methoxy groups -OCH3 is 1. The first-order chi connectivity index (χ1) is 9.78. The van der Waals surface area contributed by atoms with Gasteiger partial charge in [0, 0.05) is 24.8 Å². The third kappa shape index (κ3) is 2.96. The highest BCUT2D eigenvalue weighted by Crippen LogP contribution is 2.27. The number of ether oxygens (including phenoxy) is 1. The number of nitrogens with one attached hydrogen (secondary N) is 1. The van der Waals surface area contributed by atoms with Gasteiger partial charge < -0.3 is 15.0 Å². The van der Waals surface area contributed by atoms with Gasteiger partial charge in [0.2, 0.25) is 0 Å². The Labute approximate surface area is 120 Å². The van der Waals surface area contributed by atoms with Crippen LogP contribution in [0.15, 0.2) is 24.3 Å². The van der Waals surface area contributed by atoms with E-state index in [4.69, 9.17) is 4.74 Å². The van der Waals surface area contributed by atoms with Crippen LogP contribution in [0.4, 0.5) is 5.69 Å². The number of anilines is 1. The zero-order valence-electron chi connectivity index (χ0n) is 12.0. The molecule has 0 saturated heterocycles. The Morgan fingerprint density at radius 1 is 1.45 bits per heavy atom. The maximum atomic E-state index is 11.9. The molecule has 1 heterocycles. The lowest BCUT2D eigenvalue weighted by Crippen LogP contribution is -2.48. The smallest absolute Gasteiger partial charge is 0.324 e. The standard InChI is InChI=1S/C16H22N2O2/c1-20-16(19)14(17-13-8-9-13)11-18-10-4-6-12-5-2-3-7-15(12)18/h2-3,5,7,13-14,17H,4,6,8-11H2,1H3. The Morgan fingerprint density at radius 2 is 2.25 bits per heavy atom. The lowest BCUT2D eigenvalue weighted by Gasteiger charge is -2.33. The molecule has 1 aromatic rings. The van der Waals surface area contributed by atoms with Gasteiger partial charge >= 0.3 is 5.97 Å². The van der Waals surface area contributed by atoms with Crippen LogP contribution in [0.5, 0.6) is 0 Å². The SMILES string of the molecule is COC(=O)C(CN1CCCc2ccccc21)NC1CC1. The topological polar surface area (TPSA) is 41.6 Å². The minimum Gasteiger partial charge on any atom is -0.468 e. The zero-order chi connectivity index (χ0) is 13.9. The van der Waals surface area contributed by atoms with E-state index in [0.29, 0.717) is 12.6 Å². The van der Waals surface area contributed by atoms with Crippen LogP contribution in [-0.2, 0) is 16.0 Å². The minimum absolute atomic E-state index is 0.153. The van der Waals surface area contributed by atoms with Crippen LogP contribution in [0.2, 0.25) is 0 Å². The van der Waals surface area contributed by atoms with E-state index in [1.165, 1.54) is 31.2 Å².